The standard InChI is InChI=1S/C12H15F2NO2/c1-15(12(17)5-7-16)6-4-9-2-3-10(13)8-11(9)14/h2-3,8,16H,4-7H2,1H3. The molecule has 0 saturated carbocycles. The van der Waals surface area contributed by atoms with E-state index in [1.54, 1.807) is 7.05 Å². The molecule has 0 bridgehead atoms. The number of hydrogen-bond acceptors (Lipinski definition) is 2. The van der Waals surface area contributed by atoms with Gasteiger partial charge in [0.15, 0.2) is 0 Å². The Hall–Kier alpha value is -1.49. The van der Waals surface area contributed by atoms with Crippen LogP contribution in [0.3, 0.4) is 0 Å². The maximum absolute atomic E-state index is 13.3. The van der Waals surface area contributed by atoms with Crippen LogP contribution in [-0.4, -0.2) is 36.1 Å². The molecule has 1 aromatic rings. The molecule has 0 aliphatic carbocycles. The minimum Gasteiger partial charge on any atom is -0.396 e. The Morgan fingerprint density at radius 2 is 2.12 bits per heavy atom. The Kier molecular flexibility index (Phi) is 5.03. The molecular formula is C12H15F2NO2. The van der Waals surface area contributed by atoms with Gasteiger partial charge in [0.2, 0.25) is 5.91 Å². The number of benzene rings is 1. The molecule has 0 aromatic heterocycles. The molecule has 1 amide bonds. The van der Waals surface area contributed by atoms with Gasteiger partial charge in [0.1, 0.15) is 11.6 Å². The van der Waals surface area contributed by atoms with Crippen molar-refractivity contribution in [3.05, 3.63) is 35.4 Å². The molecule has 17 heavy (non-hydrogen) atoms. The SMILES string of the molecule is CN(CCc1ccc(F)cc1F)C(=O)CCO. The fourth-order valence-corrected chi connectivity index (χ4v) is 1.42. The molecule has 0 fully saturated rings. The number of aliphatic hydroxyl groups excluding tert-OH is 1. The van der Waals surface area contributed by atoms with Gasteiger partial charge in [-0.2, -0.15) is 0 Å². The van der Waals surface area contributed by atoms with Gasteiger partial charge in [-0.05, 0) is 18.1 Å². The van der Waals surface area contributed by atoms with Crippen LogP contribution >= 0.6 is 0 Å². The van der Waals surface area contributed by atoms with Crippen LogP contribution in [0.15, 0.2) is 18.2 Å². The van der Waals surface area contributed by atoms with Crippen LogP contribution in [0.1, 0.15) is 12.0 Å². The summed E-state index contributed by atoms with van der Waals surface area (Å²) in [5.74, 6) is -1.42. The summed E-state index contributed by atoms with van der Waals surface area (Å²) < 4.78 is 25.9. The smallest absolute Gasteiger partial charge is 0.224 e. The number of rotatable bonds is 5. The van der Waals surface area contributed by atoms with E-state index in [0.29, 0.717) is 18.5 Å². The third kappa shape index (κ3) is 4.11. The summed E-state index contributed by atoms with van der Waals surface area (Å²) in [7, 11) is 1.58. The van der Waals surface area contributed by atoms with Gasteiger partial charge in [-0.15, -0.1) is 0 Å². The molecule has 1 aromatic carbocycles. The van der Waals surface area contributed by atoms with E-state index in [1.165, 1.54) is 17.0 Å². The van der Waals surface area contributed by atoms with Gasteiger partial charge in [-0.1, -0.05) is 6.07 Å². The van der Waals surface area contributed by atoms with Gasteiger partial charge >= 0.3 is 0 Å². The van der Waals surface area contributed by atoms with E-state index in [0.717, 1.165) is 6.07 Å². The molecule has 0 aliphatic rings. The molecule has 0 spiro atoms. The van der Waals surface area contributed by atoms with Crippen LogP contribution < -0.4 is 0 Å². The fourth-order valence-electron chi connectivity index (χ4n) is 1.42. The molecule has 94 valence electrons. The monoisotopic (exact) mass is 243 g/mol. The van der Waals surface area contributed by atoms with Crippen LogP contribution in [-0.2, 0) is 11.2 Å². The first-order valence-electron chi connectivity index (χ1n) is 5.33. The lowest BCUT2D eigenvalue weighted by Gasteiger charge is -2.16. The highest BCUT2D eigenvalue weighted by molar-refractivity contribution is 5.75. The van der Waals surface area contributed by atoms with Crippen molar-refractivity contribution in [1.29, 1.82) is 0 Å². The maximum atomic E-state index is 13.3. The highest BCUT2D eigenvalue weighted by Crippen LogP contribution is 2.10. The van der Waals surface area contributed by atoms with Crippen molar-refractivity contribution in [2.45, 2.75) is 12.8 Å². The minimum absolute atomic E-state index is 0.0579. The third-order valence-corrected chi connectivity index (χ3v) is 2.48. The highest BCUT2D eigenvalue weighted by atomic mass is 19.1. The Labute approximate surface area is 98.7 Å². The lowest BCUT2D eigenvalue weighted by molar-refractivity contribution is -0.130. The predicted octanol–water partition coefficient (Wildman–Crippen LogP) is 1.35. The first kappa shape index (κ1) is 13.6. The number of nitrogens with zero attached hydrogens (tertiary/aromatic N) is 1. The van der Waals surface area contributed by atoms with E-state index < -0.39 is 11.6 Å². The van der Waals surface area contributed by atoms with Crippen molar-refractivity contribution in [3.63, 3.8) is 0 Å². The second kappa shape index (κ2) is 6.30. The number of carbonyl (C=O) groups is 1. The van der Waals surface area contributed by atoms with Crippen molar-refractivity contribution in [1.82, 2.24) is 4.90 Å². The Balaban J connectivity index is 2.52. The van der Waals surface area contributed by atoms with Gasteiger partial charge in [0.25, 0.3) is 0 Å². The Morgan fingerprint density at radius 3 is 2.71 bits per heavy atom. The zero-order chi connectivity index (χ0) is 12.8. The number of carbonyl (C=O) groups excluding carboxylic acids is 1. The molecule has 0 aliphatic heterocycles. The first-order chi connectivity index (χ1) is 8.04. The fraction of sp³-hybridized carbons (Fsp3) is 0.417. The summed E-state index contributed by atoms with van der Waals surface area (Å²) in [6.07, 6.45) is 0.377. The number of amides is 1. The van der Waals surface area contributed by atoms with E-state index in [2.05, 4.69) is 0 Å². The molecule has 1 N–H and O–H groups in total. The molecule has 0 radical (unpaired) electrons. The molecular weight excluding hydrogens is 228 g/mol. The number of likely N-dealkylation sites (N-methyl/N-ethyl adjacent to an activating group) is 1. The zero-order valence-corrected chi connectivity index (χ0v) is 9.62. The molecule has 0 unspecified atom stereocenters. The van der Waals surface area contributed by atoms with Crippen LogP contribution in [0.4, 0.5) is 8.78 Å². The maximum Gasteiger partial charge on any atom is 0.224 e. The van der Waals surface area contributed by atoms with Crippen molar-refractivity contribution in [3.8, 4) is 0 Å². The van der Waals surface area contributed by atoms with E-state index in [9.17, 15) is 13.6 Å². The minimum atomic E-state index is -0.615. The predicted molar refractivity (Wildman–Crippen MR) is 59.4 cm³/mol. The van der Waals surface area contributed by atoms with Gasteiger partial charge in [-0.3, -0.25) is 4.79 Å². The van der Waals surface area contributed by atoms with Crippen LogP contribution in [0, 0.1) is 11.6 Å². The number of halogens is 2. The summed E-state index contributed by atoms with van der Waals surface area (Å²) in [6, 6.07) is 3.38. The molecule has 0 saturated heterocycles. The molecule has 3 nitrogen and oxygen atoms in total. The summed E-state index contributed by atoms with van der Waals surface area (Å²) in [5.41, 5.74) is 0.370. The quantitative estimate of drug-likeness (QED) is 0.848. The van der Waals surface area contributed by atoms with Crippen molar-refractivity contribution in [2.24, 2.45) is 0 Å². The van der Waals surface area contributed by atoms with Crippen molar-refractivity contribution in [2.75, 3.05) is 20.2 Å². The van der Waals surface area contributed by atoms with E-state index in [1.807, 2.05) is 0 Å². The van der Waals surface area contributed by atoms with Crippen LogP contribution in [0.2, 0.25) is 0 Å². The lowest BCUT2D eigenvalue weighted by atomic mass is 10.1. The van der Waals surface area contributed by atoms with E-state index in [4.69, 9.17) is 5.11 Å². The first-order valence-corrected chi connectivity index (χ1v) is 5.33. The van der Waals surface area contributed by atoms with Gasteiger partial charge in [0.05, 0.1) is 6.61 Å². The second-order valence-electron chi connectivity index (χ2n) is 3.77. The number of aliphatic hydroxyl groups is 1. The topological polar surface area (TPSA) is 40.5 Å². The van der Waals surface area contributed by atoms with Crippen LogP contribution in [0.5, 0.6) is 0 Å². The molecule has 0 heterocycles. The summed E-state index contributed by atoms with van der Waals surface area (Å²) in [4.78, 5) is 12.7. The molecule has 0 atom stereocenters. The highest BCUT2D eigenvalue weighted by Gasteiger charge is 2.09. The van der Waals surface area contributed by atoms with Gasteiger partial charge in [0, 0.05) is 26.1 Å². The van der Waals surface area contributed by atoms with E-state index in [-0.39, 0.29) is 18.9 Å². The van der Waals surface area contributed by atoms with Gasteiger partial charge in [-0.25, -0.2) is 8.78 Å². The summed E-state index contributed by atoms with van der Waals surface area (Å²) >= 11 is 0. The third-order valence-electron chi connectivity index (χ3n) is 2.48. The normalized spacial score (nSPS) is 10.4. The number of hydrogen-bond donors (Lipinski definition) is 1. The average molecular weight is 243 g/mol. The summed E-state index contributed by atoms with van der Waals surface area (Å²) in [5, 5.41) is 8.60. The van der Waals surface area contributed by atoms with Crippen molar-refractivity contribution < 1.29 is 18.7 Å². The van der Waals surface area contributed by atoms with Crippen LogP contribution in [0.25, 0.3) is 0 Å². The largest absolute Gasteiger partial charge is 0.396 e. The Bertz CT molecular complexity index is 396. The van der Waals surface area contributed by atoms with Crippen molar-refractivity contribution >= 4 is 5.91 Å². The summed E-state index contributed by atoms with van der Waals surface area (Å²) in [6.45, 7) is 0.134. The zero-order valence-electron chi connectivity index (χ0n) is 9.62. The Morgan fingerprint density at radius 1 is 1.41 bits per heavy atom. The molecule has 5 heteroatoms. The second-order valence-corrected chi connectivity index (χ2v) is 3.77. The van der Waals surface area contributed by atoms with E-state index >= 15 is 0 Å². The van der Waals surface area contributed by atoms with Gasteiger partial charge < -0.3 is 10.0 Å². The lowest BCUT2D eigenvalue weighted by Crippen LogP contribution is -2.29. The molecule has 1 rings (SSSR count). The average Bonchev–Trinajstić information content (AvgIpc) is 2.27.